The maximum atomic E-state index is 10.5. The Morgan fingerprint density at radius 1 is 1.00 bits per heavy atom. The van der Waals surface area contributed by atoms with Gasteiger partial charge < -0.3 is 0 Å². The molecule has 82 valence electrons. The molecule has 0 atom stereocenters. The average molecular weight is 213 g/mol. The molecule has 3 nitrogen and oxygen atoms in total. The first kappa shape index (κ1) is 15.3. The summed E-state index contributed by atoms with van der Waals surface area (Å²) in [5, 5.41) is 4.85. The number of rotatable bonds is 7. The average Bonchev–Trinajstić information content (AvgIpc) is 1.94. The lowest BCUT2D eigenvalue weighted by molar-refractivity contribution is 0.585. The lowest BCUT2D eigenvalue weighted by Crippen LogP contribution is -2.16. The molecule has 0 saturated carbocycles. The SMILES string of the molecule is CCCCCCCCS(N)(=O)=O.F. The van der Waals surface area contributed by atoms with Crippen LogP contribution < -0.4 is 5.14 Å². The summed E-state index contributed by atoms with van der Waals surface area (Å²) in [6.07, 6.45) is 6.49. The van der Waals surface area contributed by atoms with Crippen molar-refractivity contribution in [2.45, 2.75) is 45.4 Å². The summed E-state index contributed by atoms with van der Waals surface area (Å²) in [4.78, 5) is 0. The van der Waals surface area contributed by atoms with Crippen molar-refractivity contribution >= 4 is 10.0 Å². The second-order valence-electron chi connectivity index (χ2n) is 3.13. The molecule has 13 heavy (non-hydrogen) atoms. The summed E-state index contributed by atoms with van der Waals surface area (Å²) < 4.78 is 21.0. The Labute approximate surface area is 80.1 Å². The lowest BCUT2D eigenvalue weighted by atomic mass is 10.1. The van der Waals surface area contributed by atoms with Crippen molar-refractivity contribution in [3.8, 4) is 0 Å². The fourth-order valence-corrected chi connectivity index (χ4v) is 1.69. The van der Waals surface area contributed by atoms with Crippen molar-refractivity contribution in [3.63, 3.8) is 0 Å². The number of hydrogen-bond acceptors (Lipinski definition) is 2. The molecule has 0 aliphatic rings. The number of nitrogens with two attached hydrogens (primary N) is 1. The van der Waals surface area contributed by atoms with Crippen LogP contribution in [0, 0.1) is 0 Å². The van der Waals surface area contributed by atoms with Gasteiger partial charge in [0, 0.05) is 0 Å². The van der Waals surface area contributed by atoms with Gasteiger partial charge in [0.05, 0.1) is 5.75 Å². The molecule has 0 aromatic heterocycles. The Morgan fingerprint density at radius 2 is 1.46 bits per heavy atom. The highest BCUT2D eigenvalue weighted by molar-refractivity contribution is 7.89. The molecule has 0 aliphatic carbocycles. The van der Waals surface area contributed by atoms with E-state index in [4.69, 9.17) is 5.14 Å². The van der Waals surface area contributed by atoms with E-state index in [1.807, 2.05) is 0 Å². The molecule has 0 saturated heterocycles. The van der Waals surface area contributed by atoms with Crippen molar-refractivity contribution in [3.05, 3.63) is 0 Å². The highest BCUT2D eigenvalue weighted by Gasteiger charge is 2.00. The molecule has 0 fully saturated rings. The van der Waals surface area contributed by atoms with Gasteiger partial charge >= 0.3 is 0 Å². The summed E-state index contributed by atoms with van der Waals surface area (Å²) in [7, 11) is -3.22. The van der Waals surface area contributed by atoms with E-state index in [1.165, 1.54) is 19.3 Å². The zero-order valence-corrected chi connectivity index (χ0v) is 8.98. The van der Waals surface area contributed by atoms with Gasteiger partial charge in [-0.3, -0.25) is 4.70 Å². The van der Waals surface area contributed by atoms with Gasteiger partial charge in [0.1, 0.15) is 0 Å². The fourth-order valence-electron chi connectivity index (χ4n) is 1.08. The Bertz CT molecular complexity index is 192. The van der Waals surface area contributed by atoms with Crippen molar-refractivity contribution in [2.24, 2.45) is 5.14 Å². The van der Waals surface area contributed by atoms with E-state index in [-0.39, 0.29) is 10.5 Å². The maximum Gasteiger partial charge on any atom is 0.209 e. The molecule has 0 rings (SSSR count). The predicted octanol–water partition coefficient (Wildman–Crippen LogP) is 1.79. The van der Waals surface area contributed by atoms with Gasteiger partial charge in [-0.15, -0.1) is 0 Å². The van der Waals surface area contributed by atoms with Crippen LogP contribution in [0.4, 0.5) is 4.70 Å². The van der Waals surface area contributed by atoms with Crippen molar-refractivity contribution in [2.75, 3.05) is 5.75 Å². The van der Waals surface area contributed by atoms with E-state index >= 15 is 0 Å². The first-order chi connectivity index (χ1) is 5.56. The molecule has 5 heteroatoms. The van der Waals surface area contributed by atoms with Crippen LogP contribution in [0.5, 0.6) is 0 Å². The van der Waals surface area contributed by atoms with Gasteiger partial charge in [-0.25, -0.2) is 13.6 Å². The van der Waals surface area contributed by atoms with Crippen molar-refractivity contribution < 1.29 is 13.1 Å². The van der Waals surface area contributed by atoms with Crippen LogP contribution in [0.15, 0.2) is 0 Å². The van der Waals surface area contributed by atoms with Crippen LogP contribution in [0.1, 0.15) is 45.4 Å². The van der Waals surface area contributed by atoms with E-state index in [1.54, 1.807) is 0 Å². The van der Waals surface area contributed by atoms with Gasteiger partial charge in [0.2, 0.25) is 10.0 Å². The molecule has 2 N–H and O–H groups in total. The third-order valence-electron chi connectivity index (χ3n) is 1.78. The summed E-state index contributed by atoms with van der Waals surface area (Å²) in [5.74, 6) is 0.138. The molecule has 0 spiro atoms. The number of sulfonamides is 1. The van der Waals surface area contributed by atoms with Gasteiger partial charge in [-0.1, -0.05) is 39.0 Å². The molecule has 0 unspecified atom stereocenters. The second-order valence-corrected chi connectivity index (χ2v) is 4.87. The van der Waals surface area contributed by atoms with E-state index in [0.29, 0.717) is 6.42 Å². The second kappa shape index (κ2) is 8.44. The molecular weight excluding hydrogens is 193 g/mol. The fraction of sp³-hybridized carbons (Fsp3) is 1.00. The molecule has 0 aromatic rings. The predicted molar refractivity (Wildman–Crippen MR) is 53.9 cm³/mol. The number of hydrogen-bond donors (Lipinski definition) is 1. The summed E-state index contributed by atoms with van der Waals surface area (Å²) >= 11 is 0. The Kier molecular flexibility index (Phi) is 9.94. The van der Waals surface area contributed by atoms with Crippen molar-refractivity contribution in [1.29, 1.82) is 0 Å². The van der Waals surface area contributed by atoms with E-state index in [9.17, 15) is 8.42 Å². The summed E-state index contributed by atoms with van der Waals surface area (Å²) in [6.45, 7) is 2.16. The van der Waals surface area contributed by atoms with Crippen LogP contribution >= 0.6 is 0 Å². The minimum absolute atomic E-state index is 0. The Balaban J connectivity index is 0. The number of halogens is 1. The maximum absolute atomic E-state index is 10.5. The van der Waals surface area contributed by atoms with Crippen LogP contribution in [-0.4, -0.2) is 14.2 Å². The van der Waals surface area contributed by atoms with Crippen LogP contribution in [0.3, 0.4) is 0 Å². The Hall–Kier alpha value is -0.160. The lowest BCUT2D eigenvalue weighted by Gasteiger charge is -1.98. The normalized spacial score (nSPS) is 10.9. The first-order valence-corrected chi connectivity index (χ1v) is 6.28. The first-order valence-electron chi connectivity index (χ1n) is 4.56. The standard InChI is InChI=1S/C8H19NO2S.FH/c1-2-3-4-5-6-7-8-12(9,10)11;/h2-8H2,1H3,(H2,9,10,11);1H. The third-order valence-corrected chi connectivity index (χ3v) is 2.64. The zero-order chi connectivity index (χ0) is 9.45. The third kappa shape index (κ3) is 14.7. The summed E-state index contributed by atoms with van der Waals surface area (Å²) in [6, 6.07) is 0. The molecule has 0 amide bonds. The molecule has 0 aliphatic heterocycles. The monoisotopic (exact) mass is 213 g/mol. The van der Waals surface area contributed by atoms with E-state index in [2.05, 4.69) is 6.92 Å². The minimum Gasteiger partial charge on any atom is -0.269 e. The van der Waals surface area contributed by atoms with E-state index < -0.39 is 10.0 Å². The summed E-state index contributed by atoms with van der Waals surface area (Å²) in [5.41, 5.74) is 0. The smallest absolute Gasteiger partial charge is 0.209 e. The topological polar surface area (TPSA) is 60.2 Å². The van der Waals surface area contributed by atoms with E-state index in [0.717, 1.165) is 12.8 Å². The van der Waals surface area contributed by atoms with Gasteiger partial charge in [-0.05, 0) is 6.42 Å². The highest BCUT2D eigenvalue weighted by atomic mass is 32.2. The molecule has 0 bridgehead atoms. The minimum atomic E-state index is -3.22. The van der Waals surface area contributed by atoms with Crippen LogP contribution in [-0.2, 0) is 10.0 Å². The largest absolute Gasteiger partial charge is 0.269 e. The molecular formula is C8H20FNO2S. The van der Waals surface area contributed by atoms with Crippen LogP contribution in [0.2, 0.25) is 0 Å². The van der Waals surface area contributed by atoms with Crippen molar-refractivity contribution in [1.82, 2.24) is 0 Å². The van der Waals surface area contributed by atoms with Gasteiger partial charge in [0.15, 0.2) is 0 Å². The zero-order valence-electron chi connectivity index (χ0n) is 8.16. The highest BCUT2D eigenvalue weighted by Crippen LogP contribution is 2.05. The van der Waals surface area contributed by atoms with Gasteiger partial charge in [-0.2, -0.15) is 0 Å². The molecule has 0 heterocycles. The number of primary sulfonamides is 1. The molecule has 0 radical (unpaired) electrons. The Morgan fingerprint density at radius 3 is 1.92 bits per heavy atom. The van der Waals surface area contributed by atoms with Gasteiger partial charge in [0.25, 0.3) is 0 Å². The quantitative estimate of drug-likeness (QED) is 0.655. The molecule has 0 aromatic carbocycles. The van der Waals surface area contributed by atoms with Crippen LogP contribution in [0.25, 0.3) is 0 Å². The number of unbranched alkanes of at least 4 members (excludes halogenated alkanes) is 5.